The summed E-state index contributed by atoms with van der Waals surface area (Å²) >= 11 is 0. The largest absolute Gasteiger partial charge is 0.497 e. The molecule has 1 atom stereocenters. The molecule has 0 aromatic heterocycles. The molecule has 0 heterocycles. The SMILES string of the molecule is COc1ccc(S(=O)(=O)N(CCc2ccccc2)CC(=O)NC2CCCc3ccccc32)cc1. The molecule has 3 aromatic carbocycles. The van der Waals surface area contributed by atoms with Crippen LogP contribution in [0.1, 0.15) is 35.6 Å². The van der Waals surface area contributed by atoms with E-state index in [2.05, 4.69) is 11.4 Å². The van der Waals surface area contributed by atoms with Crippen molar-refractivity contribution in [3.8, 4) is 5.75 Å². The second-order valence-electron chi connectivity index (χ2n) is 8.46. The van der Waals surface area contributed by atoms with Crippen LogP contribution in [-0.2, 0) is 27.7 Å². The number of carbonyl (C=O) groups is 1. The van der Waals surface area contributed by atoms with Crippen molar-refractivity contribution in [2.24, 2.45) is 0 Å². The van der Waals surface area contributed by atoms with Crippen LogP contribution in [0.3, 0.4) is 0 Å². The van der Waals surface area contributed by atoms with Crippen molar-refractivity contribution in [2.45, 2.75) is 36.6 Å². The molecule has 178 valence electrons. The van der Waals surface area contributed by atoms with E-state index in [-0.39, 0.29) is 29.9 Å². The lowest BCUT2D eigenvalue weighted by Crippen LogP contribution is -2.43. The molecule has 1 aliphatic rings. The lowest BCUT2D eigenvalue weighted by molar-refractivity contribution is -0.122. The van der Waals surface area contributed by atoms with E-state index in [1.54, 1.807) is 12.1 Å². The van der Waals surface area contributed by atoms with Gasteiger partial charge in [0.2, 0.25) is 15.9 Å². The molecule has 1 unspecified atom stereocenters. The number of sulfonamides is 1. The molecule has 0 saturated carbocycles. The van der Waals surface area contributed by atoms with E-state index >= 15 is 0 Å². The van der Waals surface area contributed by atoms with Gasteiger partial charge in [-0.25, -0.2) is 8.42 Å². The maximum atomic E-state index is 13.5. The number of methoxy groups -OCH3 is 1. The van der Waals surface area contributed by atoms with Crippen molar-refractivity contribution < 1.29 is 17.9 Å². The molecule has 0 radical (unpaired) electrons. The van der Waals surface area contributed by atoms with Crippen LogP contribution in [0.2, 0.25) is 0 Å². The number of aryl methyl sites for hydroxylation is 1. The molecule has 1 amide bonds. The van der Waals surface area contributed by atoms with E-state index in [0.717, 1.165) is 30.4 Å². The van der Waals surface area contributed by atoms with Crippen LogP contribution in [0.15, 0.2) is 83.8 Å². The lowest BCUT2D eigenvalue weighted by Gasteiger charge is -2.28. The smallest absolute Gasteiger partial charge is 0.243 e. The fraction of sp³-hybridized carbons (Fsp3) is 0.296. The molecular formula is C27H30N2O4S. The first-order chi connectivity index (χ1) is 16.5. The van der Waals surface area contributed by atoms with Crippen LogP contribution in [0.4, 0.5) is 0 Å². The third-order valence-electron chi connectivity index (χ3n) is 6.21. The third-order valence-corrected chi connectivity index (χ3v) is 8.07. The van der Waals surface area contributed by atoms with E-state index in [1.807, 2.05) is 48.5 Å². The molecule has 34 heavy (non-hydrogen) atoms. The first-order valence-corrected chi connectivity index (χ1v) is 13.0. The summed E-state index contributed by atoms with van der Waals surface area (Å²) in [5.74, 6) is 0.273. The number of carbonyl (C=O) groups excluding carboxylic acids is 1. The minimum absolute atomic E-state index is 0.0999. The fourth-order valence-corrected chi connectivity index (χ4v) is 5.78. The van der Waals surface area contributed by atoms with Crippen molar-refractivity contribution in [1.82, 2.24) is 9.62 Å². The zero-order valence-electron chi connectivity index (χ0n) is 19.3. The molecule has 3 aromatic rings. The molecule has 4 rings (SSSR count). The normalized spacial score (nSPS) is 15.5. The van der Waals surface area contributed by atoms with E-state index in [4.69, 9.17) is 4.74 Å². The summed E-state index contributed by atoms with van der Waals surface area (Å²) in [5, 5.41) is 3.08. The van der Waals surface area contributed by atoms with Gasteiger partial charge < -0.3 is 10.1 Å². The summed E-state index contributed by atoms with van der Waals surface area (Å²) in [7, 11) is -2.34. The van der Waals surface area contributed by atoms with Crippen LogP contribution in [-0.4, -0.2) is 38.8 Å². The summed E-state index contributed by atoms with van der Waals surface area (Å²) in [5.41, 5.74) is 3.38. The van der Waals surface area contributed by atoms with Crippen LogP contribution in [0.5, 0.6) is 5.75 Å². The Morgan fingerprint density at radius 2 is 1.71 bits per heavy atom. The number of amides is 1. The average molecular weight is 479 g/mol. The second-order valence-corrected chi connectivity index (χ2v) is 10.4. The highest BCUT2D eigenvalue weighted by atomic mass is 32.2. The van der Waals surface area contributed by atoms with Gasteiger partial charge in [-0.05, 0) is 66.6 Å². The number of nitrogens with zero attached hydrogens (tertiary/aromatic N) is 1. The highest BCUT2D eigenvalue weighted by molar-refractivity contribution is 7.89. The fourth-order valence-electron chi connectivity index (χ4n) is 4.38. The quantitative estimate of drug-likeness (QED) is 0.502. The van der Waals surface area contributed by atoms with Gasteiger partial charge in [-0.2, -0.15) is 4.31 Å². The minimum Gasteiger partial charge on any atom is -0.497 e. The first-order valence-electron chi connectivity index (χ1n) is 11.5. The molecule has 1 aliphatic carbocycles. The monoisotopic (exact) mass is 478 g/mol. The Hall–Kier alpha value is -3.16. The zero-order valence-corrected chi connectivity index (χ0v) is 20.1. The number of ether oxygens (including phenoxy) is 1. The highest BCUT2D eigenvalue weighted by Crippen LogP contribution is 2.29. The minimum atomic E-state index is -3.88. The number of fused-ring (bicyclic) bond motifs is 1. The predicted molar refractivity (Wildman–Crippen MR) is 132 cm³/mol. The molecule has 7 heteroatoms. The number of rotatable bonds is 9. The average Bonchev–Trinajstić information content (AvgIpc) is 2.87. The molecule has 0 fully saturated rings. The maximum absolute atomic E-state index is 13.5. The molecule has 6 nitrogen and oxygen atoms in total. The van der Waals surface area contributed by atoms with Gasteiger partial charge >= 0.3 is 0 Å². The molecule has 0 aliphatic heterocycles. The van der Waals surface area contributed by atoms with Crippen molar-refractivity contribution in [2.75, 3.05) is 20.2 Å². The predicted octanol–water partition coefficient (Wildman–Crippen LogP) is 4.12. The summed E-state index contributed by atoms with van der Waals surface area (Å²) in [6.45, 7) is -0.0348. The molecule has 1 N–H and O–H groups in total. The van der Waals surface area contributed by atoms with E-state index < -0.39 is 10.0 Å². The Morgan fingerprint density at radius 1 is 1.00 bits per heavy atom. The van der Waals surface area contributed by atoms with E-state index in [0.29, 0.717) is 12.2 Å². The highest BCUT2D eigenvalue weighted by Gasteiger charge is 2.28. The number of nitrogens with one attached hydrogen (secondary N) is 1. The van der Waals surface area contributed by atoms with Crippen LogP contribution in [0, 0.1) is 0 Å². The lowest BCUT2D eigenvalue weighted by atomic mass is 9.88. The zero-order chi connectivity index (χ0) is 24.0. The van der Waals surface area contributed by atoms with Crippen LogP contribution < -0.4 is 10.1 Å². The Bertz CT molecular complexity index is 1210. The Balaban J connectivity index is 1.53. The summed E-state index contributed by atoms with van der Waals surface area (Å²) in [6, 6.07) is 23.9. The van der Waals surface area contributed by atoms with Gasteiger partial charge in [0, 0.05) is 6.54 Å². The van der Waals surface area contributed by atoms with Gasteiger partial charge in [-0.1, -0.05) is 54.6 Å². The summed E-state index contributed by atoms with van der Waals surface area (Å²) < 4.78 is 33.4. The number of hydrogen-bond acceptors (Lipinski definition) is 4. The second kappa shape index (κ2) is 10.8. The molecule has 0 spiro atoms. The summed E-state index contributed by atoms with van der Waals surface area (Å²) in [4.78, 5) is 13.2. The Morgan fingerprint density at radius 3 is 2.44 bits per heavy atom. The molecule has 0 saturated heterocycles. The van der Waals surface area contributed by atoms with Gasteiger partial charge in [0.15, 0.2) is 0 Å². The van der Waals surface area contributed by atoms with Crippen molar-refractivity contribution >= 4 is 15.9 Å². The standard InChI is InChI=1S/C27H30N2O4S/c1-33-23-14-16-24(17-15-23)34(31,32)29(19-18-21-8-3-2-4-9-21)20-27(30)28-26-13-7-11-22-10-5-6-12-25(22)26/h2-6,8-10,12,14-17,26H,7,11,13,18-20H2,1H3,(H,28,30). The van der Waals surface area contributed by atoms with Gasteiger partial charge in [0.25, 0.3) is 0 Å². The van der Waals surface area contributed by atoms with Gasteiger partial charge in [0.1, 0.15) is 5.75 Å². The maximum Gasteiger partial charge on any atom is 0.243 e. The molecular weight excluding hydrogens is 448 g/mol. The molecule has 0 bridgehead atoms. The first kappa shape index (κ1) is 24.0. The van der Waals surface area contributed by atoms with Gasteiger partial charge in [0.05, 0.1) is 24.6 Å². The Kier molecular flexibility index (Phi) is 7.65. The van der Waals surface area contributed by atoms with Gasteiger partial charge in [-0.15, -0.1) is 0 Å². The van der Waals surface area contributed by atoms with Crippen molar-refractivity contribution in [1.29, 1.82) is 0 Å². The van der Waals surface area contributed by atoms with E-state index in [9.17, 15) is 13.2 Å². The van der Waals surface area contributed by atoms with Crippen molar-refractivity contribution in [3.63, 3.8) is 0 Å². The van der Waals surface area contributed by atoms with Crippen LogP contribution >= 0.6 is 0 Å². The Labute approximate surface area is 201 Å². The van der Waals surface area contributed by atoms with Crippen molar-refractivity contribution in [3.05, 3.63) is 95.6 Å². The van der Waals surface area contributed by atoms with E-state index in [1.165, 1.54) is 29.1 Å². The number of hydrogen-bond donors (Lipinski definition) is 1. The van der Waals surface area contributed by atoms with Gasteiger partial charge in [-0.3, -0.25) is 4.79 Å². The third kappa shape index (κ3) is 5.66. The van der Waals surface area contributed by atoms with Crippen LogP contribution in [0.25, 0.3) is 0 Å². The topological polar surface area (TPSA) is 75.7 Å². The summed E-state index contributed by atoms with van der Waals surface area (Å²) in [6.07, 6.45) is 3.34. The number of benzene rings is 3.